The van der Waals surface area contributed by atoms with Gasteiger partial charge in [-0.05, 0) is 38.0 Å². The molecule has 0 saturated carbocycles. The van der Waals surface area contributed by atoms with Crippen molar-refractivity contribution in [2.24, 2.45) is 4.99 Å². The van der Waals surface area contributed by atoms with Crippen LogP contribution in [0.15, 0.2) is 23.2 Å². The maximum absolute atomic E-state index is 4.24. The van der Waals surface area contributed by atoms with Crippen LogP contribution in [0.2, 0.25) is 0 Å². The highest BCUT2D eigenvalue weighted by Crippen LogP contribution is 2.18. The molecule has 1 nitrogen and oxygen atoms in total. The highest BCUT2D eigenvalue weighted by Gasteiger charge is 1.93. The zero-order valence-electron chi connectivity index (χ0n) is 7.26. The van der Waals surface area contributed by atoms with Crippen molar-refractivity contribution in [3.05, 3.63) is 29.3 Å². The molecule has 0 aliphatic heterocycles. The summed E-state index contributed by atoms with van der Waals surface area (Å²) in [6, 6.07) is 6.29. The first-order valence-corrected chi connectivity index (χ1v) is 3.80. The van der Waals surface area contributed by atoms with Gasteiger partial charge in [0.1, 0.15) is 0 Å². The summed E-state index contributed by atoms with van der Waals surface area (Å²) in [6.07, 6.45) is 1.82. The van der Waals surface area contributed by atoms with Crippen LogP contribution in [0.1, 0.15) is 18.1 Å². The Kier molecular flexibility index (Phi) is 2.42. The average Bonchev–Trinajstić information content (AvgIpc) is 1.98. The summed E-state index contributed by atoms with van der Waals surface area (Å²) >= 11 is 0. The van der Waals surface area contributed by atoms with Gasteiger partial charge < -0.3 is 0 Å². The molecule has 0 bridgehead atoms. The van der Waals surface area contributed by atoms with Crippen LogP contribution in [0.3, 0.4) is 0 Å². The van der Waals surface area contributed by atoms with Gasteiger partial charge in [-0.1, -0.05) is 12.1 Å². The van der Waals surface area contributed by atoms with Gasteiger partial charge >= 0.3 is 0 Å². The van der Waals surface area contributed by atoms with E-state index in [0.29, 0.717) is 0 Å². The lowest BCUT2D eigenvalue weighted by molar-refractivity contribution is 1.35. The molecule has 11 heavy (non-hydrogen) atoms. The lowest BCUT2D eigenvalue weighted by Crippen LogP contribution is -1.76. The molecule has 0 N–H and O–H groups in total. The predicted molar refractivity (Wildman–Crippen MR) is 49.7 cm³/mol. The topological polar surface area (TPSA) is 12.4 Å². The Hall–Kier alpha value is -1.11. The Morgan fingerprint density at radius 3 is 2.64 bits per heavy atom. The Labute approximate surface area is 67.8 Å². The molecule has 0 spiro atoms. The van der Waals surface area contributed by atoms with Crippen LogP contribution in [-0.2, 0) is 0 Å². The van der Waals surface area contributed by atoms with Crippen molar-refractivity contribution >= 4 is 11.9 Å². The average molecular weight is 147 g/mol. The molecular weight excluding hydrogens is 134 g/mol. The van der Waals surface area contributed by atoms with E-state index in [0.717, 1.165) is 5.69 Å². The normalized spacial score (nSPS) is 10.8. The number of hydrogen-bond donors (Lipinski definition) is 0. The molecule has 0 saturated heterocycles. The van der Waals surface area contributed by atoms with E-state index < -0.39 is 0 Å². The van der Waals surface area contributed by atoms with Gasteiger partial charge in [-0.15, -0.1) is 0 Å². The Morgan fingerprint density at radius 1 is 1.27 bits per heavy atom. The smallest absolute Gasteiger partial charge is 0.0657 e. The molecule has 0 atom stereocenters. The lowest BCUT2D eigenvalue weighted by Gasteiger charge is -1.99. The molecule has 0 aliphatic carbocycles. The SMILES string of the molecule is CC=Nc1cc(C)ccc1C. The molecule has 1 rings (SSSR count). The van der Waals surface area contributed by atoms with E-state index in [1.54, 1.807) is 0 Å². The van der Waals surface area contributed by atoms with Gasteiger partial charge in [0.2, 0.25) is 0 Å². The molecule has 0 amide bonds. The fraction of sp³-hybridized carbons (Fsp3) is 0.300. The maximum atomic E-state index is 4.24. The highest BCUT2D eigenvalue weighted by atomic mass is 14.7. The first kappa shape index (κ1) is 7.99. The van der Waals surface area contributed by atoms with Gasteiger partial charge in [0, 0.05) is 6.21 Å². The Bertz CT molecular complexity index is 274. The van der Waals surface area contributed by atoms with Crippen LogP contribution >= 0.6 is 0 Å². The van der Waals surface area contributed by atoms with Gasteiger partial charge in [0.05, 0.1) is 5.69 Å². The summed E-state index contributed by atoms with van der Waals surface area (Å²) in [5.74, 6) is 0. The molecule has 0 fully saturated rings. The van der Waals surface area contributed by atoms with Gasteiger partial charge in [0.15, 0.2) is 0 Å². The van der Waals surface area contributed by atoms with Crippen molar-refractivity contribution < 1.29 is 0 Å². The van der Waals surface area contributed by atoms with Crippen LogP contribution in [0.5, 0.6) is 0 Å². The quantitative estimate of drug-likeness (QED) is 0.541. The van der Waals surface area contributed by atoms with Gasteiger partial charge in [-0.3, -0.25) is 4.99 Å². The summed E-state index contributed by atoms with van der Waals surface area (Å²) < 4.78 is 0. The zero-order valence-corrected chi connectivity index (χ0v) is 7.26. The van der Waals surface area contributed by atoms with E-state index in [2.05, 4.69) is 37.0 Å². The van der Waals surface area contributed by atoms with Gasteiger partial charge in [-0.25, -0.2) is 0 Å². The molecular formula is C10H13N. The second-order valence-corrected chi connectivity index (χ2v) is 2.68. The minimum absolute atomic E-state index is 1.08. The monoisotopic (exact) mass is 147 g/mol. The second-order valence-electron chi connectivity index (χ2n) is 2.68. The van der Waals surface area contributed by atoms with E-state index in [1.807, 2.05) is 13.1 Å². The van der Waals surface area contributed by atoms with Crippen molar-refractivity contribution in [1.29, 1.82) is 0 Å². The first-order chi connectivity index (χ1) is 5.24. The predicted octanol–water partition coefficient (Wildman–Crippen LogP) is 3.03. The van der Waals surface area contributed by atoms with Crippen LogP contribution in [0.4, 0.5) is 5.69 Å². The molecule has 0 heterocycles. The molecule has 0 aromatic heterocycles. The van der Waals surface area contributed by atoms with Crippen LogP contribution in [-0.4, -0.2) is 6.21 Å². The van der Waals surface area contributed by atoms with Crippen molar-refractivity contribution in [1.82, 2.24) is 0 Å². The summed E-state index contributed by atoms with van der Waals surface area (Å²) in [5.41, 5.74) is 3.57. The Balaban J connectivity index is 3.12. The summed E-state index contributed by atoms with van der Waals surface area (Å²) in [6.45, 7) is 6.08. The van der Waals surface area contributed by atoms with E-state index >= 15 is 0 Å². The van der Waals surface area contributed by atoms with E-state index in [-0.39, 0.29) is 0 Å². The summed E-state index contributed by atoms with van der Waals surface area (Å²) in [5, 5.41) is 0. The molecule has 0 radical (unpaired) electrons. The molecule has 0 unspecified atom stereocenters. The number of rotatable bonds is 1. The molecule has 1 aromatic rings. The number of nitrogens with zero attached hydrogens (tertiary/aromatic N) is 1. The number of benzene rings is 1. The second kappa shape index (κ2) is 3.33. The number of hydrogen-bond acceptors (Lipinski definition) is 1. The van der Waals surface area contributed by atoms with Crippen LogP contribution in [0.25, 0.3) is 0 Å². The third-order valence-corrected chi connectivity index (χ3v) is 1.63. The third-order valence-electron chi connectivity index (χ3n) is 1.63. The summed E-state index contributed by atoms with van der Waals surface area (Å²) in [4.78, 5) is 4.24. The fourth-order valence-electron chi connectivity index (χ4n) is 0.998. The minimum Gasteiger partial charge on any atom is -0.261 e. The third kappa shape index (κ3) is 1.90. The van der Waals surface area contributed by atoms with E-state index in [1.165, 1.54) is 11.1 Å². The van der Waals surface area contributed by atoms with Gasteiger partial charge in [-0.2, -0.15) is 0 Å². The fourth-order valence-corrected chi connectivity index (χ4v) is 0.998. The molecule has 58 valence electrons. The van der Waals surface area contributed by atoms with Crippen molar-refractivity contribution in [3.63, 3.8) is 0 Å². The maximum Gasteiger partial charge on any atom is 0.0657 e. The minimum atomic E-state index is 1.08. The summed E-state index contributed by atoms with van der Waals surface area (Å²) in [7, 11) is 0. The Morgan fingerprint density at radius 2 is 2.00 bits per heavy atom. The molecule has 1 aromatic carbocycles. The molecule has 0 aliphatic rings. The van der Waals surface area contributed by atoms with E-state index in [9.17, 15) is 0 Å². The lowest BCUT2D eigenvalue weighted by atomic mass is 10.1. The standard InChI is InChI=1S/C10H13N/c1-4-11-10-7-8(2)5-6-9(10)3/h4-7H,1-3H3. The van der Waals surface area contributed by atoms with Crippen molar-refractivity contribution in [2.75, 3.05) is 0 Å². The first-order valence-electron chi connectivity index (χ1n) is 3.80. The number of aliphatic imine (C=N–C) groups is 1. The zero-order chi connectivity index (χ0) is 8.27. The highest BCUT2D eigenvalue weighted by molar-refractivity contribution is 5.62. The van der Waals surface area contributed by atoms with Crippen molar-refractivity contribution in [3.8, 4) is 0 Å². The van der Waals surface area contributed by atoms with Gasteiger partial charge in [0.25, 0.3) is 0 Å². The van der Waals surface area contributed by atoms with Crippen LogP contribution in [0, 0.1) is 13.8 Å². The van der Waals surface area contributed by atoms with Crippen molar-refractivity contribution in [2.45, 2.75) is 20.8 Å². The number of aryl methyl sites for hydroxylation is 2. The van der Waals surface area contributed by atoms with Crippen LogP contribution < -0.4 is 0 Å². The van der Waals surface area contributed by atoms with E-state index in [4.69, 9.17) is 0 Å². The molecule has 1 heteroatoms. The largest absolute Gasteiger partial charge is 0.261 e.